The van der Waals surface area contributed by atoms with Crippen LogP contribution in [-0.4, -0.2) is 71.4 Å². The molecule has 0 N–H and O–H groups in total. The molecule has 0 radical (unpaired) electrons. The molecule has 2 aliphatic rings. The van der Waals surface area contributed by atoms with Crippen molar-refractivity contribution < 1.29 is 28.6 Å². The molecular formula is C25H31BrN2O6S2. The number of likely N-dealkylation sites (tertiary alicyclic amines) is 1. The maximum atomic E-state index is 12.9. The van der Waals surface area contributed by atoms with E-state index in [2.05, 4.69) is 15.9 Å². The fourth-order valence-corrected chi connectivity index (χ4v) is 5.78. The number of hydrogen-bond acceptors (Lipinski definition) is 8. The molecule has 1 aromatic rings. The summed E-state index contributed by atoms with van der Waals surface area (Å²) in [6, 6.07) is 3.60. The zero-order valence-electron chi connectivity index (χ0n) is 20.5. The van der Waals surface area contributed by atoms with Gasteiger partial charge in [-0.05, 0) is 79.2 Å². The average Bonchev–Trinajstić information content (AvgIpc) is 3.11. The van der Waals surface area contributed by atoms with Crippen molar-refractivity contribution in [3.8, 4) is 11.5 Å². The normalized spacial score (nSPS) is 17.0. The van der Waals surface area contributed by atoms with E-state index in [1.807, 2.05) is 17.9 Å². The van der Waals surface area contributed by atoms with E-state index in [0.717, 1.165) is 37.9 Å². The molecule has 0 bridgehead atoms. The van der Waals surface area contributed by atoms with E-state index in [4.69, 9.17) is 26.4 Å². The van der Waals surface area contributed by atoms with E-state index < -0.39 is 0 Å². The van der Waals surface area contributed by atoms with Gasteiger partial charge in [0.15, 0.2) is 18.1 Å². The van der Waals surface area contributed by atoms with Gasteiger partial charge in [-0.3, -0.25) is 19.3 Å². The van der Waals surface area contributed by atoms with Crippen LogP contribution in [0.5, 0.6) is 11.5 Å². The zero-order chi connectivity index (χ0) is 26.1. The fourth-order valence-electron chi connectivity index (χ4n) is 3.90. The highest BCUT2D eigenvalue weighted by Crippen LogP contribution is 2.39. The highest BCUT2D eigenvalue weighted by molar-refractivity contribution is 9.10. The van der Waals surface area contributed by atoms with Crippen LogP contribution in [0.25, 0.3) is 6.08 Å². The number of benzene rings is 1. The molecule has 2 aliphatic heterocycles. The SMILES string of the molecule is CCOC(=O)CCCN1C(=O)/C(=C\c2cc(Br)c(OCC(=O)N3CCCCC3)c(OCC)c2)SC1=S. The number of esters is 1. The summed E-state index contributed by atoms with van der Waals surface area (Å²) in [5.41, 5.74) is 0.729. The molecule has 1 aromatic carbocycles. The lowest BCUT2D eigenvalue weighted by Crippen LogP contribution is -2.38. The van der Waals surface area contributed by atoms with Gasteiger partial charge in [0.25, 0.3) is 11.8 Å². The lowest BCUT2D eigenvalue weighted by atomic mass is 10.1. The van der Waals surface area contributed by atoms with Crippen LogP contribution in [0.1, 0.15) is 51.5 Å². The largest absolute Gasteiger partial charge is 0.490 e. The third-order valence-corrected chi connectivity index (χ3v) is 7.59. The molecule has 2 fully saturated rings. The van der Waals surface area contributed by atoms with Gasteiger partial charge >= 0.3 is 5.97 Å². The number of piperidine rings is 1. The number of amides is 2. The number of thiocarbonyl (C=S) groups is 1. The van der Waals surface area contributed by atoms with Crippen LogP contribution in [0, 0.1) is 0 Å². The summed E-state index contributed by atoms with van der Waals surface area (Å²) < 4.78 is 17.7. The average molecular weight is 600 g/mol. The molecule has 196 valence electrons. The monoisotopic (exact) mass is 598 g/mol. The minimum atomic E-state index is -0.285. The molecule has 0 aliphatic carbocycles. The lowest BCUT2D eigenvalue weighted by molar-refractivity contribution is -0.143. The van der Waals surface area contributed by atoms with Crippen LogP contribution in [0.4, 0.5) is 0 Å². The lowest BCUT2D eigenvalue weighted by Gasteiger charge is -2.26. The summed E-state index contributed by atoms with van der Waals surface area (Å²) in [6.07, 6.45) is 5.65. The van der Waals surface area contributed by atoms with Crippen molar-refractivity contribution in [1.29, 1.82) is 0 Å². The Morgan fingerprint density at radius 3 is 2.58 bits per heavy atom. The van der Waals surface area contributed by atoms with E-state index in [0.29, 0.717) is 51.4 Å². The van der Waals surface area contributed by atoms with Crippen molar-refractivity contribution in [2.45, 2.75) is 46.0 Å². The topological polar surface area (TPSA) is 85.4 Å². The van der Waals surface area contributed by atoms with Crippen molar-refractivity contribution in [2.75, 3.05) is 39.5 Å². The number of rotatable bonds is 11. The molecule has 2 amide bonds. The van der Waals surface area contributed by atoms with Crippen LogP contribution in [0.15, 0.2) is 21.5 Å². The first-order valence-corrected chi connectivity index (χ1v) is 14.1. The van der Waals surface area contributed by atoms with Gasteiger partial charge in [0.05, 0.1) is 22.6 Å². The molecule has 3 rings (SSSR count). The second-order valence-electron chi connectivity index (χ2n) is 8.24. The minimum Gasteiger partial charge on any atom is -0.490 e. The Morgan fingerprint density at radius 2 is 1.89 bits per heavy atom. The van der Waals surface area contributed by atoms with Gasteiger partial charge in [-0.25, -0.2) is 0 Å². The van der Waals surface area contributed by atoms with Gasteiger partial charge in [-0.1, -0.05) is 24.0 Å². The third kappa shape index (κ3) is 7.69. The van der Waals surface area contributed by atoms with Gasteiger partial charge in [-0.15, -0.1) is 0 Å². The molecule has 2 heterocycles. The van der Waals surface area contributed by atoms with Gasteiger partial charge < -0.3 is 19.1 Å². The molecule has 0 atom stereocenters. The summed E-state index contributed by atoms with van der Waals surface area (Å²) in [4.78, 5) is 40.9. The molecule has 2 saturated heterocycles. The Kier molecular flexibility index (Phi) is 11.1. The Hall–Kier alpha value is -2.11. The number of carbonyl (C=O) groups excluding carboxylic acids is 3. The second kappa shape index (κ2) is 14.0. The molecule has 0 unspecified atom stereocenters. The van der Waals surface area contributed by atoms with Crippen LogP contribution < -0.4 is 9.47 Å². The van der Waals surface area contributed by atoms with Gasteiger partial charge in [0.2, 0.25) is 0 Å². The van der Waals surface area contributed by atoms with E-state index in [-0.39, 0.29) is 30.8 Å². The summed E-state index contributed by atoms with van der Waals surface area (Å²) >= 11 is 10.1. The quantitative estimate of drug-likeness (QED) is 0.204. The number of nitrogens with zero attached hydrogens (tertiary/aromatic N) is 2. The molecule has 0 spiro atoms. The van der Waals surface area contributed by atoms with Crippen molar-refractivity contribution in [1.82, 2.24) is 9.80 Å². The molecule has 0 aromatic heterocycles. The summed E-state index contributed by atoms with van der Waals surface area (Å²) in [5.74, 6) is 0.405. The molecule has 8 nitrogen and oxygen atoms in total. The Bertz CT molecular complexity index is 1030. The van der Waals surface area contributed by atoms with Gasteiger partial charge in [-0.2, -0.15) is 0 Å². The highest BCUT2D eigenvalue weighted by atomic mass is 79.9. The number of hydrogen-bond donors (Lipinski definition) is 0. The van der Waals surface area contributed by atoms with Crippen molar-refractivity contribution >= 4 is 68.1 Å². The first kappa shape index (κ1) is 28.5. The number of ether oxygens (including phenoxy) is 3. The first-order chi connectivity index (χ1) is 17.3. The maximum absolute atomic E-state index is 12.9. The predicted molar refractivity (Wildman–Crippen MR) is 147 cm³/mol. The standard InChI is InChI=1S/C25H31BrN2O6S2/c1-3-32-19-14-17(13-18(26)23(19)34-16-21(29)27-10-6-5-7-11-27)15-20-24(31)28(25(35)36-20)12-8-9-22(30)33-4-2/h13-15H,3-12,16H2,1-2H3/b20-15+. The maximum Gasteiger partial charge on any atom is 0.305 e. The zero-order valence-corrected chi connectivity index (χ0v) is 23.8. The predicted octanol–water partition coefficient (Wildman–Crippen LogP) is 4.78. The highest BCUT2D eigenvalue weighted by Gasteiger charge is 2.32. The Labute approximate surface area is 229 Å². The first-order valence-electron chi connectivity index (χ1n) is 12.1. The molecule has 36 heavy (non-hydrogen) atoms. The van der Waals surface area contributed by atoms with E-state index in [1.54, 1.807) is 19.1 Å². The van der Waals surface area contributed by atoms with Crippen LogP contribution in [-0.2, 0) is 19.1 Å². The van der Waals surface area contributed by atoms with Crippen LogP contribution in [0.2, 0.25) is 0 Å². The number of halogens is 1. The minimum absolute atomic E-state index is 0.0419. The van der Waals surface area contributed by atoms with E-state index >= 15 is 0 Å². The van der Waals surface area contributed by atoms with E-state index in [1.165, 1.54) is 16.7 Å². The summed E-state index contributed by atoms with van der Waals surface area (Å²) in [5, 5.41) is 0. The Balaban J connectivity index is 1.69. The number of carbonyl (C=O) groups is 3. The Morgan fingerprint density at radius 1 is 1.14 bits per heavy atom. The van der Waals surface area contributed by atoms with Crippen LogP contribution in [0.3, 0.4) is 0 Å². The molecule has 0 saturated carbocycles. The van der Waals surface area contributed by atoms with Gasteiger partial charge in [0, 0.05) is 26.1 Å². The van der Waals surface area contributed by atoms with Crippen molar-refractivity contribution in [3.63, 3.8) is 0 Å². The van der Waals surface area contributed by atoms with Crippen molar-refractivity contribution in [3.05, 3.63) is 27.1 Å². The fraction of sp³-hybridized carbons (Fsp3) is 0.520. The summed E-state index contributed by atoms with van der Waals surface area (Å²) in [7, 11) is 0. The third-order valence-electron chi connectivity index (χ3n) is 5.62. The molecular weight excluding hydrogens is 568 g/mol. The molecule has 11 heteroatoms. The van der Waals surface area contributed by atoms with Gasteiger partial charge in [0.1, 0.15) is 4.32 Å². The van der Waals surface area contributed by atoms with Crippen molar-refractivity contribution in [2.24, 2.45) is 0 Å². The summed E-state index contributed by atoms with van der Waals surface area (Å²) in [6.45, 7) is 6.19. The van der Waals surface area contributed by atoms with E-state index in [9.17, 15) is 14.4 Å². The van der Waals surface area contributed by atoms with Crippen LogP contribution >= 0.6 is 39.9 Å². The number of thioether (sulfide) groups is 1. The smallest absolute Gasteiger partial charge is 0.305 e. The second-order valence-corrected chi connectivity index (χ2v) is 10.8.